The number of amides is 2. The lowest BCUT2D eigenvalue weighted by atomic mass is 10.1. The normalized spacial score (nSPS) is 15.2. The quantitative estimate of drug-likeness (QED) is 0.909. The summed E-state index contributed by atoms with van der Waals surface area (Å²) in [6.45, 7) is 4.25. The summed E-state index contributed by atoms with van der Waals surface area (Å²) in [5.74, 6) is -0.0567. The number of aromatic nitrogens is 1. The van der Waals surface area contributed by atoms with Gasteiger partial charge < -0.3 is 14.8 Å². The van der Waals surface area contributed by atoms with Crippen molar-refractivity contribution in [3.63, 3.8) is 0 Å². The van der Waals surface area contributed by atoms with Gasteiger partial charge in [-0.25, -0.2) is 0 Å². The molecule has 1 saturated heterocycles. The standard InChI is InChI=1S/C18H20ClN3O2/c1-13-5-6-14(12-15(13)19)17(23)21-8-3-9-22(11-10-21)18(24)16-4-2-7-20-16/h2,4-7,12,20H,3,8-11H2,1H3. The number of rotatable bonds is 2. The summed E-state index contributed by atoms with van der Waals surface area (Å²) in [5, 5.41) is 0.597. The first-order valence-electron chi connectivity index (χ1n) is 8.04. The van der Waals surface area contributed by atoms with Crippen molar-refractivity contribution in [2.24, 2.45) is 0 Å². The average molecular weight is 346 g/mol. The molecule has 0 radical (unpaired) electrons. The van der Waals surface area contributed by atoms with E-state index in [1.165, 1.54) is 0 Å². The van der Waals surface area contributed by atoms with Gasteiger partial charge in [0.05, 0.1) is 0 Å². The van der Waals surface area contributed by atoms with Gasteiger partial charge in [0, 0.05) is 43.0 Å². The van der Waals surface area contributed by atoms with Crippen molar-refractivity contribution in [3.8, 4) is 0 Å². The Bertz CT molecular complexity index is 743. The SMILES string of the molecule is Cc1ccc(C(=O)N2CCCN(C(=O)c3ccc[nH]3)CC2)cc1Cl. The summed E-state index contributed by atoms with van der Waals surface area (Å²) in [4.78, 5) is 31.6. The van der Waals surface area contributed by atoms with Gasteiger partial charge in [0.15, 0.2) is 0 Å². The fraction of sp³-hybridized carbons (Fsp3) is 0.333. The van der Waals surface area contributed by atoms with Crippen LogP contribution in [0.25, 0.3) is 0 Å². The molecule has 0 saturated carbocycles. The number of halogens is 1. The van der Waals surface area contributed by atoms with E-state index in [-0.39, 0.29) is 11.8 Å². The smallest absolute Gasteiger partial charge is 0.270 e. The molecule has 126 valence electrons. The Hall–Kier alpha value is -2.27. The van der Waals surface area contributed by atoms with Crippen molar-refractivity contribution < 1.29 is 9.59 Å². The molecule has 2 aromatic rings. The summed E-state index contributed by atoms with van der Waals surface area (Å²) in [6, 6.07) is 8.95. The lowest BCUT2D eigenvalue weighted by molar-refractivity contribution is 0.0716. The van der Waals surface area contributed by atoms with E-state index >= 15 is 0 Å². The topological polar surface area (TPSA) is 56.4 Å². The van der Waals surface area contributed by atoms with E-state index in [0.717, 1.165) is 12.0 Å². The largest absolute Gasteiger partial charge is 0.357 e. The molecule has 2 amide bonds. The highest BCUT2D eigenvalue weighted by Crippen LogP contribution is 2.19. The molecule has 0 bridgehead atoms. The number of nitrogens with one attached hydrogen (secondary N) is 1. The lowest BCUT2D eigenvalue weighted by Crippen LogP contribution is -2.37. The molecule has 1 fully saturated rings. The van der Waals surface area contributed by atoms with Crippen molar-refractivity contribution in [1.29, 1.82) is 0 Å². The Labute approximate surface area is 146 Å². The number of aryl methyl sites for hydroxylation is 1. The van der Waals surface area contributed by atoms with Crippen molar-refractivity contribution in [2.75, 3.05) is 26.2 Å². The second-order valence-corrected chi connectivity index (χ2v) is 6.39. The van der Waals surface area contributed by atoms with E-state index in [4.69, 9.17) is 11.6 Å². The van der Waals surface area contributed by atoms with Crippen LogP contribution in [-0.2, 0) is 0 Å². The predicted molar refractivity (Wildman–Crippen MR) is 93.4 cm³/mol. The zero-order valence-corrected chi connectivity index (χ0v) is 14.3. The van der Waals surface area contributed by atoms with Crippen LogP contribution < -0.4 is 0 Å². The summed E-state index contributed by atoms with van der Waals surface area (Å²) in [6.07, 6.45) is 2.50. The third-order valence-corrected chi connectivity index (χ3v) is 4.72. The van der Waals surface area contributed by atoms with Gasteiger partial charge in [0.1, 0.15) is 5.69 Å². The third kappa shape index (κ3) is 3.46. The molecule has 6 heteroatoms. The number of aromatic amines is 1. The lowest BCUT2D eigenvalue weighted by Gasteiger charge is -2.22. The van der Waals surface area contributed by atoms with Crippen molar-refractivity contribution >= 4 is 23.4 Å². The van der Waals surface area contributed by atoms with E-state index in [0.29, 0.717) is 42.5 Å². The first-order valence-corrected chi connectivity index (χ1v) is 8.42. The van der Waals surface area contributed by atoms with Crippen molar-refractivity contribution in [3.05, 3.63) is 58.4 Å². The van der Waals surface area contributed by atoms with Gasteiger partial charge in [-0.3, -0.25) is 9.59 Å². The highest BCUT2D eigenvalue weighted by Gasteiger charge is 2.24. The molecular weight excluding hydrogens is 326 g/mol. The van der Waals surface area contributed by atoms with E-state index in [9.17, 15) is 9.59 Å². The van der Waals surface area contributed by atoms with Crippen LogP contribution in [-0.4, -0.2) is 52.8 Å². The van der Waals surface area contributed by atoms with Gasteiger partial charge in [-0.05, 0) is 43.2 Å². The van der Waals surface area contributed by atoms with Crippen LogP contribution in [0.3, 0.4) is 0 Å². The molecule has 1 aliphatic heterocycles. The maximum Gasteiger partial charge on any atom is 0.270 e. The number of benzene rings is 1. The number of H-pyrrole nitrogens is 1. The van der Waals surface area contributed by atoms with Gasteiger partial charge in [-0.2, -0.15) is 0 Å². The van der Waals surface area contributed by atoms with Crippen molar-refractivity contribution in [2.45, 2.75) is 13.3 Å². The molecule has 0 aliphatic carbocycles. The van der Waals surface area contributed by atoms with E-state index in [1.807, 2.05) is 19.1 Å². The molecule has 0 atom stereocenters. The molecule has 2 heterocycles. The maximum absolute atomic E-state index is 12.7. The van der Waals surface area contributed by atoms with Crippen LogP contribution in [0, 0.1) is 6.92 Å². The minimum Gasteiger partial charge on any atom is -0.357 e. The molecule has 5 nitrogen and oxygen atoms in total. The first kappa shape index (κ1) is 16.6. The maximum atomic E-state index is 12.7. The molecule has 1 aromatic carbocycles. The van der Waals surface area contributed by atoms with E-state index in [1.54, 1.807) is 34.2 Å². The highest BCUT2D eigenvalue weighted by molar-refractivity contribution is 6.31. The number of carbonyl (C=O) groups excluding carboxylic acids is 2. The number of hydrogen-bond donors (Lipinski definition) is 1. The van der Waals surface area contributed by atoms with E-state index < -0.39 is 0 Å². The summed E-state index contributed by atoms with van der Waals surface area (Å²) < 4.78 is 0. The highest BCUT2D eigenvalue weighted by atomic mass is 35.5. The molecule has 0 spiro atoms. The monoisotopic (exact) mass is 345 g/mol. The van der Waals surface area contributed by atoms with Gasteiger partial charge in [-0.15, -0.1) is 0 Å². The minimum absolute atomic E-state index is 0.0207. The van der Waals surface area contributed by atoms with Crippen LogP contribution in [0.5, 0.6) is 0 Å². The summed E-state index contributed by atoms with van der Waals surface area (Å²) in [7, 11) is 0. The second-order valence-electron chi connectivity index (χ2n) is 5.99. The van der Waals surface area contributed by atoms with Crippen molar-refractivity contribution in [1.82, 2.24) is 14.8 Å². The van der Waals surface area contributed by atoms with Crippen LogP contribution in [0.15, 0.2) is 36.5 Å². The molecular formula is C18H20ClN3O2. The molecule has 1 N–H and O–H groups in total. The second kappa shape index (κ2) is 7.09. The van der Waals surface area contributed by atoms with Crippen LogP contribution in [0.1, 0.15) is 32.8 Å². The van der Waals surface area contributed by atoms with Gasteiger partial charge >= 0.3 is 0 Å². The Morgan fingerprint density at radius 3 is 2.38 bits per heavy atom. The van der Waals surface area contributed by atoms with Crippen LogP contribution in [0.4, 0.5) is 0 Å². The molecule has 0 unspecified atom stereocenters. The third-order valence-electron chi connectivity index (χ3n) is 4.32. The summed E-state index contributed by atoms with van der Waals surface area (Å²) >= 11 is 6.12. The van der Waals surface area contributed by atoms with Crippen LogP contribution >= 0.6 is 11.6 Å². The number of hydrogen-bond acceptors (Lipinski definition) is 2. The van der Waals surface area contributed by atoms with Gasteiger partial charge in [0.2, 0.25) is 0 Å². The molecule has 1 aromatic heterocycles. The Kier molecular flexibility index (Phi) is 4.90. The summed E-state index contributed by atoms with van der Waals surface area (Å²) in [5.41, 5.74) is 2.13. The zero-order chi connectivity index (χ0) is 17.1. The number of carbonyl (C=O) groups is 2. The fourth-order valence-corrected chi connectivity index (χ4v) is 3.05. The first-order chi connectivity index (χ1) is 11.6. The Morgan fingerprint density at radius 2 is 1.75 bits per heavy atom. The zero-order valence-electron chi connectivity index (χ0n) is 13.6. The Balaban J connectivity index is 1.67. The minimum atomic E-state index is -0.0360. The fourth-order valence-electron chi connectivity index (χ4n) is 2.87. The van der Waals surface area contributed by atoms with Crippen LogP contribution in [0.2, 0.25) is 5.02 Å². The number of nitrogens with zero attached hydrogens (tertiary/aromatic N) is 2. The predicted octanol–water partition coefficient (Wildman–Crippen LogP) is 2.96. The molecule has 3 rings (SSSR count). The van der Waals surface area contributed by atoms with Gasteiger partial charge in [0.25, 0.3) is 11.8 Å². The van der Waals surface area contributed by atoms with E-state index in [2.05, 4.69) is 4.98 Å². The Morgan fingerprint density at radius 1 is 1.04 bits per heavy atom. The van der Waals surface area contributed by atoms with Gasteiger partial charge in [-0.1, -0.05) is 17.7 Å². The average Bonchev–Trinajstić information content (AvgIpc) is 3.00. The molecule has 1 aliphatic rings. The molecule has 24 heavy (non-hydrogen) atoms.